The van der Waals surface area contributed by atoms with Crippen LogP contribution in [0.1, 0.15) is 25.8 Å². The van der Waals surface area contributed by atoms with Crippen molar-refractivity contribution in [1.82, 2.24) is 0 Å². The van der Waals surface area contributed by atoms with Gasteiger partial charge in [0.2, 0.25) is 0 Å². The molecule has 0 fully saturated rings. The number of quaternary nitrogens is 1. The lowest BCUT2D eigenvalue weighted by Crippen LogP contribution is -2.83. The van der Waals surface area contributed by atoms with Gasteiger partial charge in [0, 0.05) is 6.07 Å². The van der Waals surface area contributed by atoms with E-state index in [4.69, 9.17) is 5.53 Å². The molecule has 0 aliphatic carbocycles. The van der Waals surface area contributed by atoms with E-state index in [0.717, 1.165) is 23.4 Å². The maximum Gasteiger partial charge on any atom is 0.157 e. The van der Waals surface area contributed by atoms with Crippen LogP contribution in [0.5, 0.6) is 0 Å². The molecule has 3 heteroatoms. The van der Waals surface area contributed by atoms with Gasteiger partial charge in [0.1, 0.15) is 5.69 Å². The molecule has 0 aliphatic heterocycles. The molecule has 0 amide bonds. The van der Waals surface area contributed by atoms with Gasteiger partial charge in [-0.1, -0.05) is 19.1 Å². The van der Waals surface area contributed by atoms with E-state index in [-0.39, 0.29) is 0 Å². The third-order valence-corrected chi connectivity index (χ3v) is 2.49. The van der Waals surface area contributed by atoms with E-state index in [0.29, 0.717) is 6.04 Å². The molecule has 1 aromatic carbocycles. The van der Waals surface area contributed by atoms with Crippen molar-refractivity contribution < 1.29 is 5.32 Å². The maximum absolute atomic E-state index is 7.13. The quantitative estimate of drug-likeness (QED) is 0.544. The van der Waals surface area contributed by atoms with E-state index < -0.39 is 0 Å². The predicted octanol–water partition coefficient (Wildman–Crippen LogP) is 2.65. The Morgan fingerprint density at radius 3 is 2.79 bits per heavy atom. The number of hydrogen-bond donors (Lipinski definition) is 2. The Balaban J connectivity index is 2.96. The molecule has 0 spiro atoms. The van der Waals surface area contributed by atoms with Crippen LogP contribution < -0.4 is 5.32 Å². The van der Waals surface area contributed by atoms with Crippen molar-refractivity contribution in [2.45, 2.75) is 33.2 Å². The van der Waals surface area contributed by atoms with Crippen LogP contribution in [0.2, 0.25) is 0 Å². The zero-order valence-electron chi connectivity index (χ0n) is 9.04. The third-order valence-electron chi connectivity index (χ3n) is 2.49. The molecular formula is C11H18N3+. The van der Waals surface area contributed by atoms with Crippen molar-refractivity contribution in [3.05, 3.63) is 23.8 Å². The largest absolute Gasteiger partial charge is 0.310 e. The Hall–Kier alpha value is -1.22. The van der Waals surface area contributed by atoms with Crippen LogP contribution in [0.25, 0.3) is 0 Å². The molecule has 0 saturated heterocycles. The number of nitrogens with two attached hydrogens (primary N) is 1. The molecule has 0 heterocycles. The summed E-state index contributed by atoms with van der Waals surface area (Å²) < 4.78 is 0. The summed E-state index contributed by atoms with van der Waals surface area (Å²) in [7, 11) is 0. The van der Waals surface area contributed by atoms with Gasteiger partial charge in [0.25, 0.3) is 0 Å². The van der Waals surface area contributed by atoms with E-state index >= 15 is 0 Å². The van der Waals surface area contributed by atoms with Crippen LogP contribution in [-0.4, -0.2) is 6.04 Å². The minimum atomic E-state index is 0.539. The smallest absolute Gasteiger partial charge is 0.157 e. The van der Waals surface area contributed by atoms with Crippen LogP contribution in [-0.2, 0) is 0 Å². The maximum atomic E-state index is 7.13. The summed E-state index contributed by atoms with van der Waals surface area (Å²) in [4.78, 5) is 0. The van der Waals surface area contributed by atoms with Crippen LogP contribution in [0, 0.1) is 12.5 Å². The Morgan fingerprint density at radius 2 is 2.21 bits per heavy atom. The average Bonchev–Trinajstić information content (AvgIpc) is 2.18. The normalized spacial score (nSPS) is 12.5. The minimum Gasteiger partial charge on any atom is -0.310 e. The van der Waals surface area contributed by atoms with Crippen molar-refractivity contribution >= 4 is 11.4 Å². The lowest BCUT2D eigenvalue weighted by molar-refractivity contribution is -0.606. The topological polar surface area (TPSA) is 52.8 Å². The number of nitrogens with zero attached hydrogens (tertiary/aromatic N) is 1. The summed E-state index contributed by atoms with van der Waals surface area (Å²) in [6.45, 7) is 6.33. The van der Waals surface area contributed by atoms with Crippen LogP contribution >= 0.6 is 0 Å². The molecular weight excluding hydrogens is 174 g/mol. The molecule has 3 N–H and O–H groups in total. The van der Waals surface area contributed by atoms with Crippen LogP contribution in [0.3, 0.4) is 0 Å². The summed E-state index contributed by atoms with van der Waals surface area (Å²) in [6, 6.07) is 6.56. The van der Waals surface area contributed by atoms with Crippen molar-refractivity contribution in [3.8, 4) is 0 Å². The standard InChI is InChI=1S/C11H17N3/c1-4-9(3)13-10-7-5-6-8(2)11(10)14-12/h5-7,9,12-13H,4H2,1-3H3/p+1. The molecule has 0 radical (unpaired) electrons. The summed E-state index contributed by atoms with van der Waals surface area (Å²) in [5.41, 5.74) is 10.1. The van der Waals surface area contributed by atoms with Gasteiger partial charge in [0.15, 0.2) is 5.69 Å². The van der Waals surface area contributed by atoms with Gasteiger partial charge in [0.05, 0.1) is 6.04 Å². The first kappa shape index (κ1) is 10.9. The fourth-order valence-corrected chi connectivity index (χ4v) is 1.39. The zero-order chi connectivity index (χ0) is 10.6. The molecule has 14 heavy (non-hydrogen) atoms. The van der Waals surface area contributed by atoms with Gasteiger partial charge < -0.3 is 5.32 Å². The second-order valence-corrected chi connectivity index (χ2v) is 3.68. The number of nitrogens with one attached hydrogen (secondary N) is 1. The van der Waals surface area contributed by atoms with Gasteiger partial charge in [-0.3, -0.25) is 0 Å². The highest BCUT2D eigenvalue weighted by Gasteiger charge is 2.10. The molecule has 0 bridgehead atoms. The van der Waals surface area contributed by atoms with E-state index in [1.807, 2.05) is 25.1 Å². The van der Waals surface area contributed by atoms with Gasteiger partial charge in [-0.25, -0.2) is 5.53 Å². The van der Waals surface area contributed by atoms with Gasteiger partial charge in [-0.05, 0) is 25.8 Å². The highest BCUT2D eigenvalue weighted by atomic mass is 15.0. The Bertz CT molecular complexity index is 320. The molecule has 0 aromatic heterocycles. The predicted molar refractivity (Wildman–Crippen MR) is 57.3 cm³/mol. The molecule has 1 unspecified atom stereocenters. The molecule has 3 nitrogen and oxygen atoms in total. The van der Waals surface area contributed by atoms with Crippen molar-refractivity contribution in [1.29, 1.82) is 5.53 Å². The molecule has 1 aromatic rings. The molecule has 0 aliphatic rings. The molecule has 1 rings (SSSR count). The van der Waals surface area contributed by atoms with Crippen molar-refractivity contribution in [3.63, 3.8) is 0 Å². The van der Waals surface area contributed by atoms with Crippen LogP contribution in [0.15, 0.2) is 23.3 Å². The fraction of sp³-hybridized carbons (Fsp3) is 0.455. The monoisotopic (exact) mass is 192 g/mol. The first-order valence-corrected chi connectivity index (χ1v) is 5.01. The van der Waals surface area contributed by atoms with E-state index in [1.165, 1.54) is 0 Å². The molecule has 1 atom stereocenters. The highest BCUT2D eigenvalue weighted by molar-refractivity contribution is 5.60. The lowest BCUT2D eigenvalue weighted by atomic mass is 10.1. The minimum absolute atomic E-state index is 0.539. The van der Waals surface area contributed by atoms with E-state index in [9.17, 15) is 0 Å². The summed E-state index contributed by atoms with van der Waals surface area (Å²) in [5.74, 6) is 0. The second-order valence-electron chi connectivity index (χ2n) is 3.68. The summed E-state index contributed by atoms with van der Waals surface area (Å²) in [5, 5.41) is 5.76. The summed E-state index contributed by atoms with van der Waals surface area (Å²) >= 11 is 0. The lowest BCUT2D eigenvalue weighted by Gasteiger charge is -2.09. The summed E-state index contributed by atoms with van der Waals surface area (Å²) in [6.07, 6.45) is 1.12. The Labute approximate surface area is 85.0 Å². The van der Waals surface area contributed by atoms with Gasteiger partial charge in [-0.15, -0.1) is 0 Å². The van der Waals surface area contributed by atoms with Gasteiger partial charge >= 0.3 is 0 Å². The fourth-order valence-electron chi connectivity index (χ4n) is 1.39. The first-order valence-electron chi connectivity index (χ1n) is 5.01. The number of aryl methyl sites for hydroxylation is 1. The number of rotatable bonds is 4. The van der Waals surface area contributed by atoms with E-state index in [2.05, 4.69) is 24.3 Å². The zero-order valence-corrected chi connectivity index (χ0v) is 9.04. The second kappa shape index (κ2) is 4.86. The van der Waals surface area contributed by atoms with Crippen molar-refractivity contribution in [2.24, 2.45) is 5.11 Å². The SMILES string of the molecule is CCC(C)[NH2+]c1cccc(C)c1N=N. The number of hydrogen-bond acceptors (Lipinski definition) is 2. The first-order chi connectivity index (χ1) is 6.69. The number of para-hydroxylation sites is 1. The Kier molecular flexibility index (Phi) is 3.77. The van der Waals surface area contributed by atoms with Crippen LogP contribution in [0.4, 0.5) is 11.4 Å². The molecule has 0 saturated carbocycles. The highest BCUT2D eigenvalue weighted by Crippen LogP contribution is 2.24. The third kappa shape index (κ3) is 2.39. The van der Waals surface area contributed by atoms with Gasteiger partial charge in [-0.2, -0.15) is 5.11 Å². The van der Waals surface area contributed by atoms with Crippen molar-refractivity contribution in [2.75, 3.05) is 0 Å². The number of benzene rings is 1. The Morgan fingerprint density at radius 1 is 1.50 bits per heavy atom. The average molecular weight is 192 g/mol. The molecule has 76 valence electrons. The van der Waals surface area contributed by atoms with E-state index in [1.54, 1.807) is 0 Å².